The molecule has 1 unspecified atom stereocenters. The van der Waals surface area contributed by atoms with Crippen molar-refractivity contribution in [1.82, 2.24) is 9.88 Å². The number of halogens is 2. The number of oxazole rings is 1. The second kappa shape index (κ2) is 9.54. The van der Waals surface area contributed by atoms with Crippen LogP contribution in [0.1, 0.15) is 36.3 Å². The number of hydrogen-bond acceptors (Lipinski definition) is 3. The van der Waals surface area contributed by atoms with E-state index in [2.05, 4.69) is 4.98 Å². The Kier molecular flexibility index (Phi) is 6.59. The van der Waals surface area contributed by atoms with Crippen LogP contribution in [0.4, 0.5) is 0 Å². The third kappa shape index (κ3) is 5.09. The highest BCUT2D eigenvalue weighted by atomic mass is 35.5. The molecule has 0 aliphatic carbocycles. The SMILES string of the molecule is CCC(C(=O)N(Cc1cccc(Cl)c1)Cc1nc2cc(Cl)ccc2o1)c1ccccc1. The smallest absolute Gasteiger partial charge is 0.230 e. The van der Waals surface area contributed by atoms with Crippen LogP contribution < -0.4 is 0 Å². The van der Waals surface area contributed by atoms with E-state index in [4.69, 9.17) is 27.6 Å². The Morgan fingerprint density at radius 1 is 0.968 bits per heavy atom. The van der Waals surface area contributed by atoms with Crippen molar-refractivity contribution < 1.29 is 9.21 Å². The van der Waals surface area contributed by atoms with Crippen LogP contribution in [0.15, 0.2) is 77.2 Å². The molecule has 1 aromatic heterocycles. The minimum Gasteiger partial charge on any atom is -0.439 e. The van der Waals surface area contributed by atoms with Gasteiger partial charge in [-0.2, -0.15) is 0 Å². The van der Waals surface area contributed by atoms with Crippen molar-refractivity contribution in [1.29, 1.82) is 0 Å². The van der Waals surface area contributed by atoms with Gasteiger partial charge in [-0.3, -0.25) is 4.79 Å². The molecule has 0 aliphatic heterocycles. The van der Waals surface area contributed by atoms with Crippen LogP contribution in [0.5, 0.6) is 0 Å². The lowest BCUT2D eigenvalue weighted by atomic mass is 9.94. The summed E-state index contributed by atoms with van der Waals surface area (Å²) in [5.74, 6) is 0.240. The Morgan fingerprint density at radius 2 is 1.74 bits per heavy atom. The Hall–Kier alpha value is -2.82. The lowest BCUT2D eigenvalue weighted by Crippen LogP contribution is -2.34. The zero-order valence-electron chi connectivity index (χ0n) is 17.1. The van der Waals surface area contributed by atoms with E-state index in [-0.39, 0.29) is 18.4 Å². The number of nitrogens with zero attached hydrogens (tertiary/aromatic N) is 2. The lowest BCUT2D eigenvalue weighted by molar-refractivity contribution is -0.134. The Bertz CT molecular complexity index is 1190. The van der Waals surface area contributed by atoms with Gasteiger partial charge in [-0.05, 0) is 47.9 Å². The summed E-state index contributed by atoms with van der Waals surface area (Å²) < 4.78 is 5.89. The third-order valence-corrected chi connectivity index (χ3v) is 5.67. The number of aromatic nitrogens is 1. The van der Waals surface area contributed by atoms with Crippen LogP contribution >= 0.6 is 23.2 Å². The van der Waals surface area contributed by atoms with Crippen molar-refractivity contribution in [3.63, 3.8) is 0 Å². The Balaban J connectivity index is 1.66. The van der Waals surface area contributed by atoms with Crippen LogP contribution in [0.25, 0.3) is 11.1 Å². The van der Waals surface area contributed by atoms with E-state index in [0.717, 1.165) is 11.1 Å². The van der Waals surface area contributed by atoms with Crippen LogP contribution in [0.2, 0.25) is 10.0 Å². The number of benzene rings is 3. The van der Waals surface area contributed by atoms with Crippen molar-refractivity contribution in [3.8, 4) is 0 Å². The van der Waals surface area contributed by atoms with E-state index in [1.807, 2.05) is 61.5 Å². The molecule has 0 radical (unpaired) electrons. The summed E-state index contributed by atoms with van der Waals surface area (Å²) in [5.41, 5.74) is 3.26. The molecular weight excluding hydrogens is 431 g/mol. The van der Waals surface area contributed by atoms with Crippen molar-refractivity contribution >= 4 is 40.2 Å². The predicted molar refractivity (Wildman–Crippen MR) is 124 cm³/mol. The summed E-state index contributed by atoms with van der Waals surface area (Å²) in [6.45, 7) is 2.68. The second-order valence-corrected chi connectivity index (χ2v) is 8.29. The highest BCUT2D eigenvalue weighted by molar-refractivity contribution is 6.31. The van der Waals surface area contributed by atoms with E-state index >= 15 is 0 Å². The monoisotopic (exact) mass is 452 g/mol. The quantitative estimate of drug-likeness (QED) is 0.307. The third-order valence-electron chi connectivity index (χ3n) is 5.20. The topological polar surface area (TPSA) is 46.3 Å². The van der Waals surface area contributed by atoms with Gasteiger partial charge in [-0.15, -0.1) is 0 Å². The molecule has 0 bridgehead atoms. The molecule has 0 aliphatic rings. The lowest BCUT2D eigenvalue weighted by Gasteiger charge is -2.26. The van der Waals surface area contributed by atoms with Gasteiger partial charge in [0.15, 0.2) is 5.58 Å². The first-order valence-corrected chi connectivity index (χ1v) is 10.9. The standard InChI is InChI=1S/C25H22Cl2N2O2/c1-2-21(18-8-4-3-5-9-18)25(30)29(15-17-7-6-10-19(26)13-17)16-24-28-22-14-20(27)11-12-23(22)31-24/h3-14,21H,2,15-16H2,1H3. The molecule has 158 valence electrons. The van der Waals surface area contributed by atoms with Crippen molar-refractivity contribution in [3.05, 3.63) is 99.9 Å². The molecule has 0 spiro atoms. The maximum absolute atomic E-state index is 13.6. The first-order chi connectivity index (χ1) is 15.0. The summed E-state index contributed by atoms with van der Waals surface area (Å²) in [5, 5.41) is 1.23. The molecule has 1 amide bonds. The minimum atomic E-state index is -0.251. The summed E-state index contributed by atoms with van der Waals surface area (Å²) in [4.78, 5) is 20.0. The fourth-order valence-corrected chi connectivity index (χ4v) is 4.08. The van der Waals surface area contributed by atoms with Gasteiger partial charge in [-0.1, -0.05) is 72.6 Å². The molecular formula is C25H22Cl2N2O2. The zero-order valence-corrected chi connectivity index (χ0v) is 18.6. The molecule has 4 nitrogen and oxygen atoms in total. The molecule has 0 saturated carbocycles. The van der Waals surface area contributed by atoms with Crippen molar-refractivity contribution in [2.24, 2.45) is 0 Å². The fraction of sp³-hybridized carbons (Fsp3) is 0.200. The molecule has 4 aromatic rings. The van der Waals surface area contributed by atoms with E-state index in [1.54, 1.807) is 23.1 Å². The molecule has 1 atom stereocenters. The van der Waals surface area contributed by atoms with Gasteiger partial charge in [-0.25, -0.2) is 4.98 Å². The molecule has 0 fully saturated rings. The highest BCUT2D eigenvalue weighted by Gasteiger charge is 2.26. The first-order valence-electron chi connectivity index (χ1n) is 10.2. The normalized spacial score (nSPS) is 12.1. The maximum Gasteiger partial charge on any atom is 0.230 e. The van der Waals surface area contributed by atoms with Crippen LogP contribution in [0, 0.1) is 0 Å². The molecule has 0 N–H and O–H groups in total. The van der Waals surface area contributed by atoms with E-state index in [1.165, 1.54) is 0 Å². The van der Waals surface area contributed by atoms with Crippen LogP contribution in [-0.4, -0.2) is 15.8 Å². The summed E-state index contributed by atoms with van der Waals surface area (Å²) in [6, 6.07) is 22.7. The number of carbonyl (C=O) groups excluding carboxylic acids is 1. The molecule has 4 rings (SSSR count). The van der Waals surface area contributed by atoms with E-state index in [0.29, 0.717) is 40.0 Å². The largest absolute Gasteiger partial charge is 0.439 e. The summed E-state index contributed by atoms with van der Waals surface area (Å²) in [6.07, 6.45) is 0.693. The summed E-state index contributed by atoms with van der Waals surface area (Å²) in [7, 11) is 0. The first kappa shape index (κ1) is 21.4. The fourth-order valence-electron chi connectivity index (χ4n) is 3.71. The molecule has 31 heavy (non-hydrogen) atoms. The molecule has 1 heterocycles. The number of rotatable bonds is 7. The van der Waals surface area contributed by atoms with Crippen LogP contribution in [0.3, 0.4) is 0 Å². The number of hydrogen-bond donors (Lipinski definition) is 0. The van der Waals surface area contributed by atoms with Gasteiger partial charge < -0.3 is 9.32 Å². The average Bonchev–Trinajstić information content (AvgIpc) is 3.16. The molecule has 0 saturated heterocycles. The average molecular weight is 453 g/mol. The van der Waals surface area contributed by atoms with Gasteiger partial charge >= 0.3 is 0 Å². The summed E-state index contributed by atoms with van der Waals surface area (Å²) >= 11 is 12.3. The predicted octanol–water partition coefficient (Wildman–Crippen LogP) is 6.86. The van der Waals surface area contributed by atoms with E-state index in [9.17, 15) is 4.79 Å². The molecule has 3 aromatic carbocycles. The highest BCUT2D eigenvalue weighted by Crippen LogP contribution is 2.26. The number of amides is 1. The second-order valence-electron chi connectivity index (χ2n) is 7.42. The number of fused-ring (bicyclic) bond motifs is 1. The minimum absolute atomic E-state index is 0.0222. The van der Waals surface area contributed by atoms with Gasteiger partial charge in [0.2, 0.25) is 11.8 Å². The number of carbonyl (C=O) groups is 1. The molecule has 6 heteroatoms. The van der Waals surface area contributed by atoms with Gasteiger partial charge in [0, 0.05) is 16.6 Å². The van der Waals surface area contributed by atoms with E-state index < -0.39 is 0 Å². The van der Waals surface area contributed by atoms with Crippen molar-refractivity contribution in [2.45, 2.75) is 32.4 Å². The maximum atomic E-state index is 13.6. The Morgan fingerprint density at radius 3 is 2.48 bits per heavy atom. The van der Waals surface area contributed by atoms with Gasteiger partial charge in [0.1, 0.15) is 5.52 Å². The zero-order chi connectivity index (χ0) is 21.8. The van der Waals surface area contributed by atoms with Gasteiger partial charge in [0.05, 0.1) is 12.5 Å². The Labute approximate surface area is 191 Å². The van der Waals surface area contributed by atoms with Gasteiger partial charge in [0.25, 0.3) is 0 Å². The van der Waals surface area contributed by atoms with Crippen LogP contribution in [-0.2, 0) is 17.9 Å². The van der Waals surface area contributed by atoms with Crippen molar-refractivity contribution in [2.75, 3.05) is 0 Å².